The van der Waals surface area contributed by atoms with Gasteiger partial charge in [0.05, 0.1) is 6.42 Å². The van der Waals surface area contributed by atoms with E-state index in [2.05, 4.69) is 20.9 Å². The second-order valence-electron chi connectivity index (χ2n) is 2.17. The second-order valence-corrected chi connectivity index (χ2v) is 3.41. The Hall–Kier alpha value is -0.610. The first-order chi connectivity index (χ1) is 5.59. The molecule has 0 saturated carbocycles. The van der Waals surface area contributed by atoms with Gasteiger partial charge < -0.3 is 5.11 Å². The quantitative estimate of drug-likeness (QED) is 0.818. The maximum atomic E-state index is 10.3. The van der Waals surface area contributed by atoms with Crippen molar-refractivity contribution in [3.8, 4) is 0 Å². The molecule has 1 heterocycles. The van der Waals surface area contributed by atoms with Gasteiger partial charge in [0.15, 0.2) is 0 Å². The van der Waals surface area contributed by atoms with Gasteiger partial charge in [-0.3, -0.25) is 4.79 Å². The number of hydrogen-bond donors (Lipinski definition) is 1. The van der Waals surface area contributed by atoms with E-state index in [1.165, 1.54) is 12.3 Å². The van der Waals surface area contributed by atoms with Crippen molar-refractivity contribution in [2.75, 3.05) is 0 Å². The lowest BCUT2D eigenvalue weighted by Crippen LogP contribution is -2.01. The van der Waals surface area contributed by atoms with Gasteiger partial charge in [0.1, 0.15) is 5.15 Å². The van der Waals surface area contributed by atoms with E-state index in [0.29, 0.717) is 15.2 Å². The number of carboxylic acids is 1. The fourth-order valence-electron chi connectivity index (χ4n) is 0.750. The molecule has 0 radical (unpaired) electrons. The number of nitrogens with zero attached hydrogens (tertiary/aromatic N) is 1. The summed E-state index contributed by atoms with van der Waals surface area (Å²) in [5.74, 6) is -0.891. The van der Waals surface area contributed by atoms with Gasteiger partial charge in [-0.25, -0.2) is 4.98 Å². The zero-order chi connectivity index (χ0) is 9.14. The third-order valence-corrected chi connectivity index (χ3v) is 2.16. The van der Waals surface area contributed by atoms with Crippen molar-refractivity contribution in [1.29, 1.82) is 0 Å². The van der Waals surface area contributed by atoms with E-state index in [1.54, 1.807) is 0 Å². The molecule has 0 fully saturated rings. The summed E-state index contributed by atoms with van der Waals surface area (Å²) in [5.41, 5.74) is 0.627. The first-order valence-electron chi connectivity index (χ1n) is 3.11. The van der Waals surface area contributed by atoms with Crippen LogP contribution in [-0.2, 0) is 11.2 Å². The van der Waals surface area contributed by atoms with Gasteiger partial charge in [-0.2, -0.15) is 0 Å². The largest absolute Gasteiger partial charge is 0.481 e. The summed E-state index contributed by atoms with van der Waals surface area (Å²) in [5, 5.41) is 8.80. The van der Waals surface area contributed by atoms with Gasteiger partial charge in [0.25, 0.3) is 0 Å². The summed E-state index contributed by atoms with van der Waals surface area (Å²) < 4.78 is 0.661. The predicted molar refractivity (Wildman–Crippen MR) is 48.3 cm³/mol. The van der Waals surface area contributed by atoms with E-state index < -0.39 is 5.97 Å². The molecule has 0 aromatic carbocycles. The topological polar surface area (TPSA) is 50.2 Å². The Morgan fingerprint density at radius 2 is 2.42 bits per heavy atom. The number of carbonyl (C=O) groups is 1. The van der Waals surface area contributed by atoms with Crippen LogP contribution in [0.5, 0.6) is 0 Å². The highest BCUT2D eigenvalue weighted by Gasteiger charge is 2.05. The monoisotopic (exact) mass is 249 g/mol. The third-order valence-electron chi connectivity index (χ3n) is 1.24. The summed E-state index contributed by atoms with van der Waals surface area (Å²) in [6.07, 6.45) is 1.43. The Morgan fingerprint density at radius 3 is 3.00 bits per heavy atom. The molecule has 0 atom stereocenters. The average molecular weight is 250 g/mol. The number of hydrogen-bond acceptors (Lipinski definition) is 2. The molecule has 64 valence electrons. The maximum Gasteiger partial charge on any atom is 0.307 e. The van der Waals surface area contributed by atoms with E-state index in [4.69, 9.17) is 16.7 Å². The van der Waals surface area contributed by atoms with Gasteiger partial charge in [0.2, 0.25) is 0 Å². The normalized spacial score (nSPS) is 9.83. The fraction of sp³-hybridized carbons (Fsp3) is 0.143. The van der Waals surface area contributed by atoms with Crippen LogP contribution in [0.3, 0.4) is 0 Å². The average Bonchev–Trinajstić information content (AvgIpc) is 1.96. The van der Waals surface area contributed by atoms with Crippen molar-refractivity contribution in [3.05, 3.63) is 27.5 Å². The van der Waals surface area contributed by atoms with Gasteiger partial charge in [-0.05, 0) is 27.6 Å². The van der Waals surface area contributed by atoms with Gasteiger partial charge in [0, 0.05) is 10.7 Å². The van der Waals surface area contributed by atoms with Crippen LogP contribution in [0.15, 0.2) is 16.7 Å². The van der Waals surface area contributed by atoms with Crippen LogP contribution in [0.4, 0.5) is 0 Å². The SMILES string of the molecule is O=C(O)Cc1cc(Cl)ncc1Br. The molecule has 0 bridgehead atoms. The highest BCUT2D eigenvalue weighted by Crippen LogP contribution is 2.18. The molecule has 0 spiro atoms. The van der Waals surface area contributed by atoms with Crippen molar-refractivity contribution in [3.63, 3.8) is 0 Å². The fourth-order valence-corrected chi connectivity index (χ4v) is 1.29. The van der Waals surface area contributed by atoms with Crippen molar-refractivity contribution >= 4 is 33.5 Å². The van der Waals surface area contributed by atoms with Crippen LogP contribution in [0.1, 0.15) is 5.56 Å². The Labute approximate surface area is 82.5 Å². The van der Waals surface area contributed by atoms with Crippen LogP contribution in [0.25, 0.3) is 0 Å². The highest BCUT2D eigenvalue weighted by atomic mass is 79.9. The predicted octanol–water partition coefficient (Wildman–Crippen LogP) is 2.12. The Kier molecular flexibility index (Phi) is 3.05. The first-order valence-corrected chi connectivity index (χ1v) is 4.28. The number of rotatable bonds is 2. The zero-order valence-corrected chi connectivity index (χ0v) is 8.26. The van der Waals surface area contributed by atoms with Crippen molar-refractivity contribution in [2.45, 2.75) is 6.42 Å². The Balaban J connectivity index is 2.97. The summed E-state index contributed by atoms with van der Waals surface area (Å²) >= 11 is 8.75. The van der Waals surface area contributed by atoms with Crippen molar-refractivity contribution in [1.82, 2.24) is 4.98 Å². The molecule has 1 N–H and O–H groups in total. The minimum absolute atomic E-state index is 0.0528. The van der Waals surface area contributed by atoms with Crippen LogP contribution in [0, 0.1) is 0 Å². The summed E-state index contributed by atoms with van der Waals surface area (Å²) in [6, 6.07) is 1.53. The number of carboxylic acid groups (broad SMARTS) is 1. The van der Waals surface area contributed by atoms with E-state index in [1.807, 2.05) is 0 Å². The smallest absolute Gasteiger partial charge is 0.307 e. The van der Waals surface area contributed by atoms with Gasteiger partial charge in [-0.1, -0.05) is 11.6 Å². The highest BCUT2D eigenvalue weighted by molar-refractivity contribution is 9.10. The molecule has 0 saturated heterocycles. The van der Waals surface area contributed by atoms with Crippen LogP contribution in [-0.4, -0.2) is 16.1 Å². The standard InChI is InChI=1S/C7H5BrClNO2/c8-5-3-10-6(9)1-4(5)2-7(11)12/h1,3H,2H2,(H,11,12). The van der Waals surface area contributed by atoms with E-state index in [9.17, 15) is 4.79 Å². The van der Waals surface area contributed by atoms with Crippen LogP contribution < -0.4 is 0 Å². The van der Waals surface area contributed by atoms with Gasteiger partial charge >= 0.3 is 5.97 Å². The lowest BCUT2D eigenvalue weighted by Gasteiger charge is -1.99. The third kappa shape index (κ3) is 2.46. The Bertz CT molecular complexity index is 316. The molecule has 1 aromatic heterocycles. The molecule has 0 unspecified atom stereocenters. The summed E-state index contributed by atoms with van der Waals surface area (Å²) in [7, 11) is 0. The molecule has 5 heteroatoms. The number of aromatic nitrogens is 1. The molecular formula is C7H5BrClNO2. The van der Waals surface area contributed by atoms with Gasteiger partial charge in [-0.15, -0.1) is 0 Å². The maximum absolute atomic E-state index is 10.3. The molecule has 0 aliphatic rings. The summed E-state index contributed by atoms with van der Waals surface area (Å²) in [6.45, 7) is 0. The molecular weight excluding hydrogens is 245 g/mol. The van der Waals surface area contributed by atoms with Crippen LogP contribution >= 0.6 is 27.5 Å². The minimum atomic E-state index is -0.891. The number of halogens is 2. The molecule has 1 rings (SSSR count). The molecule has 0 aliphatic heterocycles. The summed E-state index contributed by atoms with van der Waals surface area (Å²) in [4.78, 5) is 14.1. The van der Waals surface area contributed by atoms with E-state index in [0.717, 1.165) is 0 Å². The first kappa shape index (κ1) is 9.48. The van der Waals surface area contributed by atoms with Crippen LogP contribution in [0.2, 0.25) is 5.15 Å². The lowest BCUT2D eigenvalue weighted by atomic mass is 10.2. The number of aliphatic carboxylic acids is 1. The van der Waals surface area contributed by atoms with E-state index in [-0.39, 0.29) is 6.42 Å². The lowest BCUT2D eigenvalue weighted by molar-refractivity contribution is -0.136. The zero-order valence-electron chi connectivity index (χ0n) is 5.92. The van der Waals surface area contributed by atoms with Crippen molar-refractivity contribution in [2.24, 2.45) is 0 Å². The number of pyridine rings is 1. The second kappa shape index (κ2) is 3.87. The van der Waals surface area contributed by atoms with E-state index >= 15 is 0 Å². The molecule has 3 nitrogen and oxygen atoms in total. The molecule has 12 heavy (non-hydrogen) atoms. The minimum Gasteiger partial charge on any atom is -0.481 e. The molecule has 0 amide bonds. The van der Waals surface area contributed by atoms with Crippen molar-refractivity contribution < 1.29 is 9.90 Å². The Morgan fingerprint density at radius 1 is 1.75 bits per heavy atom. The molecule has 1 aromatic rings. The molecule has 0 aliphatic carbocycles.